The molecule has 0 saturated heterocycles. The van der Waals surface area contributed by atoms with Gasteiger partial charge in [-0.15, -0.1) is 0 Å². The Bertz CT molecular complexity index is 333. The Morgan fingerprint density at radius 3 is 2.28 bits per heavy atom. The minimum absolute atomic E-state index is 0. The summed E-state index contributed by atoms with van der Waals surface area (Å²) in [4.78, 5) is 0. The van der Waals surface area contributed by atoms with E-state index in [0.29, 0.717) is 0 Å². The third kappa shape index (κ3) is 3.86. The summed E-state index contributed by atoms with van der Waals surface area (Å²) in [6.07, 6.45) is 11.5. The molecule has 0 nitrogen and oxygen atoms in total. The largest absolute Gasteiger partial charge is 0.0654 e. The molecule has 0 unspecified atom stereocenters. The summed E-state index contributed by atoms with van der Waals surface area (Å²) in [5.41, 5.74) is 2.96. The topological polar surface area (TPSA) is 0 Å². The summed E-state index contributed by atoms with van der Waals surface area (Å²) >= 11 is 0. The van der Waals surface area contributed by atoms with Crippen molar-refractivity contribution in [2.45, 2.75) is 71.1 Å². The molecule has 2 rings (SSSR count). The predicted molar refractivity (Wildman–Crippen MR) is 82.1 cm³/mol. The van der Waals surface area contributed by atoms with Crippen LogP contribution in [0.1, 0.15) is 76.8 Å². The molecule has 0 bridgehead atoms. The number of rotatable bonds is 5. The highest BCUT2D eigenvalue weighted by molar-refractivity contribution is 5.24. The van der Waals surface area contributed by atoms with Crippen LogP contribution in [0.5, 0.6) is 0 Å². The Hall–Kier alpha value is -0.780. The average molecular weight is 246 g/mol. The molecule has 1 aromatic carbocycles. The molecule has 102 valence electrons. The Morgan fingerprint density at radius 1 is 1.00 bits per heavy atom. The molecule has 0 N–H and O–H groups in total. The molecule has 1 saturated carbocycles. The van der Waals surface area contributed by atoms with Crippen LogP contribution in [0, 0.1) is 12.8 Å². The molecule has 0 amide bonds. The maximum atomic E-state index is 2.34. The lowest BCUT2D eigenvalue weighted by atomic mass is 9.77. The van der Waals surface area contributed by atoms with Crippen molar-refractivity contribution in [3.8, 4) is 0 Å². The van der Waals surface area contributed by atoms with Gasteiger partial charge in [-0.3, -0.25) is 0 Å². The van der Waals surface area contributed by atoms with Crippen LogP contribution in [0.4, 0.5) is 0 Å². The first-order chi connectivity index (χ1) is 8.79. The Balaban J connectivity index is 0.00000180. The highest BCUT2D eigenvalue weighted by Crippen LogP contribution is 2.37. The van der Waals surface area contributed by atoms with E-state index in [9.17, 15) is 0 Å². The maximum absolute atomic E-state index is 2.34. The normalized spacial score (nSPS) is 24.1. The van der Waals surface area contributed by atoms with Crippen LogP contribution in [0.15, 0.2) is 24.3 Å². The van der Waals surface area contributed by atoms with E-state index in [1.54, 1.807) is 5.56 Å². The van der Waals surface area contributed by atoms with Crippen molar-refractivity contribution in [1.82, 2.24) is 0 Å². The van der Waals surface area contributed by atoms with E-state index in [1.165, 1.54) is 56.9 Å². The second-order valence-corrected chi connectivity index (χ2v) is 6.12. The van der Waals surface area contributed by atoms with Crippen molar-refractivity contribution < 1.29 is 1.43 Å². The lowest BCUT2D eigenvalue weighted by Gasteiger charge is -2.29. The van der Waals surface area contributed by atoms with E-state index < -0.39 is 0 Å². The van der Waals surface area contributed by atoms with Gasteiger partial charge in [0.05, 0.1) is 0 Å². The SMILES string of the molecule is CCCCCC1CCC(c2ccc(C)cc2)CC1.[HH]. The van der Waals surface area contributed by atoms with Crippen molar-refractivity contribution in [2.24, 2.45) is 5.92 Å². The molecule has 1 aliphatic carbocycles. The lowest BCUT2D eigenvalue weighted by Crippen LogP contribution is -2.13. The van der Waals surface area contributed by atoms with Gasteiger partial charge in [-0.2, -0.15) is 0 Å². The molecule has 0 spiro atoms. The van der Waals surface area contributed by atoms with E-state index in [2.05, 4.69) is 38.1 Å². The van der Waals surface area contributed by atoms with Crippen molar-refractivity contribution in [3.05, 3.63) is 35.4 Å². The summed E-state index contributed by atoms with van der Waals surface area (Å²) in [5.74, 6) is 1.87. The monoisotopic (exact) mass is 246 g/mol. The van der Waals surface area contributed by atoms with E-state index in [1.807, 2.05) is 0 Å². The Kier molecular flexibility index (Phi) is 5.28. The van der Waals surface area contributed by atoms with Gasteiger partial charge in [-0.25, -0.2) is 0 Å². The lowest BCUT2D eigenvalue weighted by molar-refractivity contribution is 0.303. The summed E-state index contributed by atoms with van der Waals surface area (Å²) in [6, 6.07) is 9.22. The molecule has 1 aliphatic rings. The van der Waals surface area contributed by atoms with Gasteiger partial charge in [0.2, 0.25) is 0 Å². The van der Waals surface area contributed by atoms with Crippen LogP contribution in [0.25, 0.3) is 0 Å². The molecule has 0 heteroatoms. The molecule has 1 aromatic rings. The fourth-order valence-electron chi connectivity index (χ4n) is 3.31. The Labute approximate surface area is 114 Å². The number of hydrogen-bond donors (Lipinski definition) is 0. The van der Waals surface area contributed by atoms with Gasteiger partial charge >= 0.3 is 0 Å². The minimum atomic E-state index is 0. The second-order valence-electron chi connectivity index (χ2n) is 6.12. The van der Waals surface area contributed by atoms with E-state index in [0.717, 1.165) is 11.8 Å². The maximum Gasteiger partial charge on any atom is 0 e. The standard InChI is InChI=1S/C18H28.H2/c1-3-4-5-6-16-9-13-18(14-10-16)17-11-7-15(2)8-12-17;/h7-8,11-12,16,18H,3-6,9-10,13-14H2,1-2H3;1H. The van der Waals surface area contributed by atoms with Crippen LogP contribution in [-0.4, -0.2) is 0 Å². The first-order valence-electron chi connectivity index (χ1n) is 7.86. The molecule has 0 aliphatic heterocycles. The van der Waals surface area contributed by atoms with E-state index >= 15 is 0 Å². The van der Waals surface area contributed by atoms with Crippen molar-refractivity contribution >= 4 is 0 Å². The third-order valence-corrected chi connectivity index (χ3v) is 4.61. The molecular weight excluding hydrogens is 216 g/mol. The molecule has 0 aromatic heterocycles. The number of benzene rings is 1. The number of unbranched alkanes of at least 4 members (excludes halogenated alkanes) is 2. The first-order valence-corrected chi connectivity index (χ1v) is 7.86. The fraction of sp³-hybridized carbons (Fsp3) is 0.667. The summed E-state index contributed by atoms with van der Waals surface area (Å²) < 4.78 is 0. The third-order valence-electron chi connectivity index (χ3n) is 4.61. The number of hydrogen-bond acceptors (Lipinski definition) is 0. The van der Waals surface area contributed by atoms with E-state index in [4.69, 9.17) is 0 Å². The van der Waals surface area contributed by atoms with Crippen LogP contribution in [0.2, 0.25) is 0 Å². The zero-order valence-electron chi connectivity index (χ0n) is 12.1. The van der Waals surface area contributed by atoms with Gasteiger partial charge < -0.3 is 0 Å². The second kappa shape index (κ2) is 6.97. The Morgan fingerprint density at radius 2 is 1.67 bits per heavy atom. The van der Waals surface area contributed by atoms with Gasteiger partial charge in [-0.1, -0.05) is 62.4 Å². The van der Waals surface area contributed by atoms with Crippen molar-refractivity contribution in [3.63, 3.8) is 0 Å². The van der Waals surface area contributed by atoms with Gasteiger partial charge in [0.1, 0.15) is 0 Å². The fourth-order valence-corrected chi connectivity index (χ4v) is 3.31. The summed E-state index contributed by atoms with van der Waals surface area (Å²) in [7, 11) is 0. The molecule has 18 heavy (non-hydrogen) atoms. The highest BCUT2D eigenvalue weighted by atomic mass is 14.3. The highest BCUT2D eigenvalue weighted by Gasteiger charge is 2.21. The van der Waals surface area contributed by atoms with Gasteiger partial charge in [-0.05, 0) is 50.0 Å². The summed E-state index contributed by atoms with van der Waals surface area (Å²) in [5, 5.41) is 0. The molecule has 0 heterocycles. The van der Waals surface area contributed by atoms with Crippen LogP contribution >= 0.6 is 0 Å². The molecule has 0 radical (unpaired) electrons. The molecule has 0 atom stereocenters. The number of aryl methyl sites for hydroxylation is 1. The molecule has 1 fully saturated rings. The quantitative estimate of drug-likeness (QED) is 0.551. The van der Waals surface area contributed by atoms with E-state index in [-0.39, 0.29) is 1.43 Å². The zero-order chi connectivity index (χ0) is 12.8. The van der Waals surface area contributed by atoms with Crippen LogP contribution in [-0.2, 0) is 0 Å². The zero-order valence-corrected chi connectivity index (χ0v) is 12.1. The first kappa shape index (κ1) is 13.6. The minimum Gasteiger partial charge on any atom is -0.0654 e. The van der Waals surface area contributed by atoms with Crippen LogP contribution in [0.3, 0.4) is 0 Å². The summed E-state index contributed by atoms with van der Waals surface area (Å²) in [6.45, 7) is 4.47. The van der Waals surface area contributed by atoms with Crippen molar-refractivity contribution in [2.75, 3.05) is 0 Å². The van der Waals surface area contributed by atoms with Crippen LogP contribution < -0.4 is 0 Å². The molecular formula is C18H30. The smallest absolute Gasteiger partial charge is 0 e. The average Bonchev–Trinajstić information content (AvgIpc) is 2.41. The van der Waals surface area contributed by atoms with Gasteiger partial charge in [0.15, 0.2) is 0 Å². The van der Waals surface area contributed by atoms with Gasteiger partial charge in [0.25, 0.3) is 0 Å². The predicted octanol–water partition coefficient (Wildman–Crippen LogP) is 6.10. The van der Waals surface area contributed by atoms with Gasteiger partial charge in [0, 0.05) is 1.43 Å². The van der Waals surface area contributed by atoms with Crippen molar-refractivity contribution in [1.29, 1.82) is 0 Å².